The van der Waals surface area contributed by atoms with Crippen molar-refractivity contribution in [1.29, 1.82) is 0 Å². The normalized spacial score (nSPS) is 14.3. The summed E-state index contributed by atoms with van der Waals surface area (Å²) in [5.74, 6) is 3.53. The minimum atomic E-state index is -0.621. The van der Waals surface area contributed by atoms with E-state index in [-0.39, 0.29) is 0 Å². The fourth-order valence-electron chi connectivity index (χ4n) is 12.7. The number of anilines is 3. The van der Waals surface area contributed by atoms with E-state index in [4.69, 9.17) is 9.47 Å². The second-order valence-electron chi connectivity index (χ2n) is 18.6. The third-order valence-electron chi connectivity index (χ3n) is 15.4. The lowest BCUT2D eigenvalue weighted by Crippen LogP contribution is -2.32. The molecule has 4 aliphatic rings. The third kappa shape index (κ3) is 5.06. The van der Waals surface area contributed by atoms with Crippen LogP contribution in [0, 0.1) is 0 Å². The van der Waals surface area contributed by atoms with Crippen molar-refractivity contribution in [2.24, 2.45) is 0 Å². The summed E-state index contributed by atoms with van der Waals surface area (Å²) in [5, 5.41) is 2.45. The van der Waals surface area contributed by atoms with Crippen LogP contribution in [0.3, 0.4) is 0 Å². The van der Waals surface area contributed by atoms with Crippen molar-refractivity contribution in [3.63, 3.8) is 0 Å². The first-order valence-electron chi connectivity index (χ1n) is 23.8. The lowest BCUT2D eigenvalue weighted by Gasteiger charge is -2.40. The molecular formula is C66H41NO2. The highest BCUT2D eigenvalue weighted by atomic mass is 16.5. The van der Waals surface area contributed by atoms with Gasteiger partial charge < -0.3 is 14.4 Å². The van der Waals surface area contributed by atoms with Crippen LogP contribution in [0.25, 0.3) is 44.2 Å². The fraction of sp³-hybridized carbons (Fsp3) is 0.0303. The number of rotatable bonds is 4. The van der Waals surface area contributed by atoms with Gasteiger partial charge in [-0.2, -0.15) is 0 Å². The van der Waals surface area contributed by atoms with Crippen LogP contribution >= 0.6 is 0 Å². The molecule has 0 unspecified atom stereocenters. The summed E-state index contributed by atoms with van der Waals surface area (Å²) in [4.78, 5) is 2.50. The van der Waals surface area contributed by atoms with E-state index >= 15 is 0 Å². The van der Waals surface area contributed by atoms with Crippen LogP contribution in [-0.4, -0.2) is 0 Å². The number of fused-ring (bicyclic) bond motifs is 20. The smallest absolute Gasteiger partial charge is 0.132 e. The van der Waals surface area contributed by atoms with Gasteiger partial charge in [0.05, 0.1) is 16.5 Å². The molecule has 322 valence electrons. The van der Waals surface area contributed by atoms with Crippen LogP contribution in [0.4, 0.5) is 17.1 Å². The van der Waals surface area contributed by atoms with Crippen LogP contribution in [0.2, 0.25) is 0 Å². The van der Waals surface area contributed by atoms with E-state index < -0.39 is 10.8 Å². The molecule has 2 spiro atoms. The topological polar surface area (TPSA) is 21.7 Å². The van der Waals surface area contributed by atoms with E-state index in [0.29, 0.717) is 0 Å². The molecule has 0 saturated carbocycles. The second kappa shape index (κ2) is 14.3. The standard InChI is InChI=1S/C66H41NO2/c1-2-18-42(19-3-1)46-21-7-13-29-59(46)67(45-35-37-49-48-23-6-8-24-51(48)66(58(49)41-45)55-27-11-16-32-62(55)69-63-33-17-12-28-56(63)66)44-36-39-52-50(40-44)64-47-22-5-4-20-43(47)34-38-57(64)65(52)53-25-9-14-30-60(53)68-61-31-15-10-26-54(61)65/h1-41H. The zero-order valence-electron chi connectivity index (χ0n) is 37.4. The highest BCUT2D eigenvalue weighted by Gasteiger charge is 2.53. The van der Waals surface area contributed by atoms with Gasteiger partial charge in [0.15, 0.2) is 0 Å². The van der Waals surface area contributed by atoms with Gasteiger partial charge in [0.1, 0.15) is 23.0 Å². The summed E-state index contributed by atoms with van der Waals surface area (Å²) in [7, 11) is 0. The van der Waals surface area contributed by atoms with E-state index in [1.807, 2.05) is 0 Å². The molecule has 0 amide bonds. The minimum Gasteiger partial charge on any atom is -0.457 e. The number of nitrogens with zero attached hydrogens (tertiary/aromatic N) is 1. The van der Waals surface area contributed by atoms with E-state index in [9.17, 15) is 0 Å². The number of ether oxygens (including phenoxy) is 2. The first-order valence-corrected chi connectivity index (χ1v) is 23.8. The first kappa shape index (κ1) is 38.2. The Morgan fingerprint density at radius 3 is 1.42 bits per heavy atom. The Labute approximate surface area is 400 Å². The molecule has 3 heteroatoms. The van der Waals surface area contributed by atoms with Crippen molar-refractivity contribution in [3.05, 3.63) is 293 Å². The number of hydrogen-bond donors (Lipinski definition) is 0. The summed E-state index contributed by atoms with van der Waals surface area (Å²) >= 11 is 0. The summed E-state index contributed by atoms with van der Waals surface area (Å²) in [6.45, 7) is 0. The molecule has 0 fully saturated rings. The Kier molecular flexibility index (Phi) is 7.92. The van der Waals surface area contributed by atoms with Gasteiger partial charge >= 0.3 is 0 Å². The molecule has 2 aliphatic carbocycles. The zero-order valence-corrected chi connectivity index (χ0v) is 37.4. The van der Waals surface area contributed by atoms with Crippen LogP contribution in [0.5, 0.6) is 23.0 Å². The molecule has 0 saturated heterocycles. The maximum absolute atomic E-state index is 6.75. The van der Waals surface area contributed by atoms with Gasteiger partial charge in [-0.3, -0.25) is 0 Å². The number of benzene rings is 11. The highest BCUT2D eigenvalue weighted by Crippen LogP contribution is 2.65. The van der Waals surface area contributed by atoms with Crippen molar-refractivity contribution in [1.82, 2.24) is 0 Å². The maximum Gasteiger partial charge on any atom is 0.132 e. The highest BCUT2D eigenvalue weighted by molar-refractivity contribution is 6.06. The van der Waals surface area contributed by atoms with Crippen LogP contribution in [0.15, 0.2) is 249 Å². The number of hydrogen-bond acceptors (Lipinski definition) is 3. The molecule has 2 heterocycles. The van der Waals surface area contributed by atoms with Crippen molar-refractivity contribution < 1.29 is 9.47 Å². The molecule has 0 bridgehead atoms. The van der Waals surface area contributed by atoms with Crippen molar-refractivity contribution in [2.45, 2.75) is 10.8 Å². The molecule has 11 aromatic carbocycles. The minimum absolute atomic E-state index is 0.610. The van der Waals surface area contributed by atoms with Crippen molar-refractivity contribution in [2.75, 3.05) is 4.90 Å². The van der Waals surface area contributed by atoms with Gasteiger partial charge in [-0.1, -0.05) is 194 Å². The molecular weight excluding hydrogens is 839 g/mol. The predicted molar refractivity (Wildman–Crippen MR) is 279 cm³/mol. The van der Waals surface area contributed by atoms with Gasteiger partial charge in [-0.25, -0.2) is 0 Å². The molecule has 3 nitrogen and oxygen atoms in total. The molecule has 0 atom stereocenters. The van der Waals surface area contributed by atoms with Gasteiger partial charge in [-0.15, -0.1) is 0 Å². The Balaban J connectivity index is 1.04. The van der Waals surface area contributed by atoms with E-state index in [1.165, 1.54) is 55.3 Å². The predicted octanol–water partition coefficient (Wildman–Crippen LogP) is 16.9. The Morgan fingerprint density at radius 2 is 0.754 bits per heavy atom. The van der Waals surface area contributed by atoms with E-state index in [0.717, 1.165) is 73.4 Å². The second-order valence-corrected chi connectivity index (χ2v) is 18.6. The first-order chi connectivity index (χ1) is 34.2. The zero-order chi connectivity index (χ0) is 45.3. The van der Waals surface area contributed by atoms with Gasteiger partial charge in [0.2, 0.25) is 0 Å². The molecule has 2 aliphatic heterocycles. The van der Waals surface area contributed by atoms with Gasteiger partial charge in [-0.05, 0) is 115 Å². The van der Waals surface area contributed by atoms with Crippen LogP contribution in [-0.2, 0) is 10.8 Å². The maximum atomic E-state index is 6.75. The van der Waals surface area contributed by atoms with Crippen LogP contribution < -0.4 is 14.4 Å². The van der Waals surface area contributed by atoms with Gasteiger partial charge in [0, 0.05) is 39.2 Å². The third-order valence-corrected chi connectivity index (χ3v) is 15.4. The van der Waals surface area contributed by atoms with Crippen LogP contribution in [0.1, 0.15) is 44.5 Å². The lowest BCUT2D eigenvalue weighted by atomic mass is 9.66. The average molecular weight is 880 g/mol. The Morgan fingerprint density at radius 1 is 0.290 bits per heavy atom. The van der Waals surface area contributed by atoms with Gasteiger partial charge in [0.25, 0.3) is 0 Å². The van der Waals surface area contributed by atoms with E-state index in [2.05, 4.69) is 254 Å². The van der Waals surface area contributed by atoms with Crippen molar-refractivity contribution in [3.8, 4) is 56.4 Å². The molecule has 0 radical (unpaired) electrons. The quantitative estimate of drug-likeness (QED) is 0.176. The molecule has 11 aromatic rings. The number of para-hydroxylation sites is 5. The van der Waals surface area contributed by atoms with Crippen molar-refractivity contribution >= 4 is 27.8 Å². The summed E-state index contributed by atoms with van der Waals surface area (Å²) in [6, 6.07) is 91.0. The lowest BCUT2D eigenvalue weighted by molar-refractivity contribution is 0.436. The summed E-state index contributed by atoms with van der Waals surface area (Å²) in [6.07, 6.45) is 0. The fourth-order valence-corrected chi connectivity index (χ4v) is 12.7. The molecule has 15 rings (SSSR count). The average Bonchev–Trinajstić information content (AvgIpc) is 3.87. The summed E-state index contributed by atoms with van der Waals surface area (Å²) in [5.41, 5.74) is 18.8. The summed E-state index contributed by atoms with van der Waals surface area (Å²) < 4.78 is 13.5. The van der Waals surface area contributed by atoms with E-state index in [1.54, 1.807) is 0 Å². The SMILES string of the molecule is c1ccc(-c2ccccc2N(c2ccc3c(c2)-c2c(ccc4ccccc24)C32c3ccccc3Oc3ccccc32)c2ccc3c(c2)C2(c4ccccc4Oc4ccccc42)c2ccccc2-3)cc1. The Bertz CT molecular complexity index is 3850. The Hall–Kier alpha value is -8.92. The monoisotopic (exact) mass is 879 g/mol. The molecule has 69 heavy (non-hydrogen) atoms. The molecule has 0 N–H and O–H groups in total. The largest absolute Gasteiger partial charge is 0.457 e. The molecule has 0 aromatic heterocycles.